The van der Waals surface area contributed by atoms with Gasteiger partial charge in [-0.2, -0.15) is 0 Å². The van der Waals surface area contributed by atoms with E-state index in [1.54, 1.807) is 14.0 Å². The number of ether oxygens (including phenoxy) is 1. The van der Waals surface area contributed by atoms with Crippen LogP contribution in [-0.2, 0) is 9.53 Å². The van der Waals surface area contributed by atoms with Crippen LogP contribution in [0.25, 0.3) is 0 Å². The second-order valence-electron chi connectivity index (χ2n) is 8.83. The van der Waals surface area contributed by atoms with Gasteiger partial charge in [-0.25, -0.2) is 14.4 Å². The van der Waals surface area contributed by atoms with Gasteiger partial charge in [0.2, 0.25) is 0 Å². The summed E-state index contributed by atoms with van der Waals surface area (Å²) in [4.78, 5) is 44.0. The van der Waals surface area contributed by atoms with Crippen molar-refractivity contribution >= 4 is 18.0 Å². The fraction of sp³-hybridized carbons (Fsp3) is 0.560. The number of hydrogen-bond donors (Lipinski definition) is 2. The first-order valence-corrected chi connectivity index (χ1v) is 12.0. The molecule has 2 aliphatic rings. The molecule has 0 spiro atoms. The Labute approximate surface area is 202 Å². The van der Waals surface area contributed by atoms with E-state index < -0.39 is 12.0 Å². The Morgan fingerprint density at radius 2 is 1.91 bits per heavy atom. The summed E-state index contributed by atoms with van der Waals surface area (Å²) >= 11 is 0. The molecule has 2 N–H and O–H groups in total. The minimum absolute atomic E-state index is 0.0556. The number of carbonyl (C=O) groups is 3. The van der Waals surface area contributed by atoms with Crippen molar-refractivity contribution in [2.75, 3.05) is 52.9 Å². The molecule has 1 atom stereocenters. The van der Waals surface area contributed by atoms with Gasteiger partial charge in [-0.3, -0.25) is 9.80 Å². The van der Waals surface area contributed by atoms with E-state index in [2.05, 4.69) is 15.5 Å². The maximum Gasteiger partial charge on any atom is 0.338 e. The molecule has 2 heterocycles. The predicted molar refractivity (Wildman–Crippen MR) is 130 cm³/mol. The average molecular weight is 472 g/mol. The highest BCUT2D eigenvalue weighted by Gasteiger charge is 2.38. The van der Waals surface area contributed by atoms with Crippen molar-refractivity contribution in [3.8, 4) is 0 Å². The van der Waals surface area contributed by atoms with Crippen LogP contribution in [0.15, 0.2) is 29.5 Å². The summed E-state index contributed by atoms with van der Waals surface area (Å²) in [5.41, 5.74) is 4.03. The van der Waals surface area contributed by atoms with Crippen molar-refractivity contribution in [3.05, 3.63) is 46.2 Å². The summed E-state index contributed by atoms with van der Waals surface area (Å²) in [6, 6.07) is 5.13. The highest BCUT2D eigenvalue weighted by Crippen LogP contribution is 2.33. The maximum atomic E-state index is 13.2. The zero-order chi connectivity index (χ0) is 24.8. The van der Waals surface area contributed by atoms with Gasteiger partial charge in [-0.1, -0.05) is 23.8 Å². The van der Waals surface area contributed by atoms with Crippen molar-refractivity contribution < 1.29 is 19.1 Å². The number of aryl methyl sites for hydroxylation is 2. The molecule has 0 aromatic heterocycles. The van der Waals surface area contributed by atoms with Gasteiger partial charge in [0.25, 0.3) is 0 Å². The number of carbonyl (C=O) groups excluding carboxylic acids is 3. The molecule has 0 unspecified atom stereocenters. The van der Waals surface area contributed by atoms with Gasteiger partial charge < -0.3 is 20.3 Å². The molecule has 0 bridgehead atoms. The third-order valence-electron chi connectivity index (χ3n) is 6.40. The van der Waals surface area contributed by atoms with Crippen LogP contribution in [0, 0.1) is 13.8 Å². The van der Waals surface area contributed by atoms with Gasteiger partial charge in [-0.15, -0.1) is 0 Å². The number of hydrogen-bond acceptors (Lipinski definition) is 5. The molecule has 2 aliphatic heterocycles. The molecule has 9 nitrogen and oxygen atoms in total. The summed E-state index contributed by atoms with van der Waals surface area (Å²) in [5, 5.41) is 5.86. The number of amides is 4. The molecule has 0 aliphatic carbocycles. The lowest BCUT2D eigenvalue weighted by Gasteiger charge is -2.37. The molecule has 0 radical (unpaired) electrons. The number of rotatable bonds is 6. The van der Waals surface area contributed by atoms with Crippen LogP contribution in [0.3, 0.4) is 0 Å². The van der Waals surface area contributed by atoms with E-state index >= 15 is 0 Å². The molecule has 34 heavy (non-hydrogen) atoms. The Hall–Kier alpha value is -3.07. The zero-order valence-corrected chi connectivity index (χ0v) is 20.9. The highest BCUT2D eigenvalue weighted by molar-refractivity contribution is 5.95. The smallest absolute Gasteiger partial charge is 0.338 e. The first-order valence-electron chi connectivity index (χ1n) is 12.0. The fourth-order valence-corrected chi connectivity index (χ4v) is 4.51. The standard InChI is InChI=1S/C25H37N5O4/c1-6-26-24(32)30-12-8-11-29(13-14-30)16-20-21(23(31)34-7-2)22(27-25(33)28(20)5)19-15-17(3)9-10-18(19)4/h9-10,15,22H,6-8,11-14,16H2,1-5H3,(H,26,32)(H,27,33)/t22-/m1/s1. The highest BCUT2D eigenvalue weighted by atomic mass is 16.5. The molecule has 1 aromatic rings. The number of nitrogens with zero attached hydrogens (tertiary/aromatic N) is 3. The normalized spacial score (nSPS) is 19.6. The van der Waals surface area contributed by atoms with Crippen molar-refractivity contribution in [2.45, 2.75) is 40.2 Å². The lowest BCUT2D eigenvalue weighted by Crippen LogP contribution is -2.49. The zero-order valence-electron chi connectivity index (χ0n) is 20.9. The Morgan fingerprint density at radius 3 is 2.62 bits per heavy atom. The molecular formula is C25H37N5O4. The number of benzene rings is 1. The van der Waals surface area contributed by atoms with Crippen LogP contribution in [0.1, 0.15) is 43.0 Å². The second kappa shape index (κ2) is 11.4. The molecule has 186 valence electrons. The average Bonchev–Trinajstić information content (AvgIpc) is 3.04. The van der Waals surface area contributed by atoms with Crippen molar-refractivity contribution in [3.63, 3.8) is 0 Å². The quantitative estimate of drug-likeness (QED) is 0.622. The molecule has 1 aromatic carbocycles. The predicted octanol–water partition coefficient (Wildman–Crippen LogP) is 2.55. The van der Waals surface area contributed by atoms with E-state index in [1.165, 1.54) is 4.90 Å². The van der Waals surface area contributed by atoms with Crippen LogP contribution in [0.5, 0.6) is 0 Å². The van der Waals surface area contributed by atoms with Crippen LogP contribution in [0.4, 0.5) is 9.59 Å². The first kappa shape index (κ1) is 25.6. The molecule has 1 saturated heterocycles. The Balaban J connectivity index is 1.96. The molecule has 3 rings (SSSR count). The summed E-state index contributed by atoms with van der Waals surface area (Å²) in [7, 11) is 1.68. The van der Waals surface area contributed by atoms with Gasteiger partial charge >= 0.3 is 18.0 Å². The Kier molecular flexibility index (Phi) is 8.55. The van der Waals surface area contributed by atoms with Crippen molar-refractivity contribution in [1.29, 1.82) is 0 Å². The second-order valence-corrected chi connectivity index (χ2v) is 8.83. The molecule has 1 fully saturated rings. The monoisotopic (exact) mass is 471 g/mol. The minimum Gasteiger partial charge on any atom is -0.463 e. The largest absolute Gasteiger partial charge is 0.463 e. The van der Waals surface area contributed by atoms with Gasteiger partial charge in [0.15, 0.2) is 0 Å². The number of likely N-dealkylation sites (N-methyl/N-ethyl adjacent to an activating group) is 1. The molecule has 4 amide bonds. The summed E-state index contributed by atoms with van der Waals surface area (Å²) in [6.07, 6.45) is 0.815. The lowest BCUT2D eigenvalue weighted by atomic mass is 9.90. The van der Waals surface area contributed by atoms with E-state index in [4.69, 9.17) is 4.74 Å². The maximum absolute atomic E-state index is 13.2. The van der Waals surface area contributed by atoms with E-state index in [9.17, 15) is 14.4 Å². The van der Waals surface area contributed by atoms with E-state index in [-0.39, 0.29) is 18.7 Å². The van der Waals surface area contributed by atoms with E-state index in [0.29, 0.717) is 44.0 Å². The van der Waals surface area contributed by atoms with Crippen LogP contribution >= 0.6 is 0 Å². The third kappa shape index (κ3) is 5.70. The van der Waals surface area contributed by atoms with Crippen LogP contribution in [0.2, 0.25) is 0 Å². The van der Waals surface area contributed by atoms with Crippen LogP contribution < -0.4 is 10.6 Å². The number of nitrogens with one attached hydrogen (secondary N) is 2. The van der Waals surface area contributed by atoms with Gasteiger partial charge in [0, 0.05) is 52.0 Å². The molecule has 9 heteroatoms. The topological polar surface area (TPSA) is 94.2 Å². The third-order valence-corrected chi connectivity index (χ3v) is 6.40. The summed E-state index contributed by atoms with van der Waals surface area (Å²) in [5.74, 6) is -0.422. The van der Waals surface area contributed by atoms with Crippen molar-refractivity contribution in [1.82, 2.24) is 25.3 Å². The Bertz CT molecular complexity index is 961. The van der Waals surface area contributed by atoms with Crippen molar-refractivity contribution in [2.24, 2.45) is 0 Å². The molecule has 0 saturated carbocycles. The fourth-order valence-electron chi connectivity index (χ4n) is 4.51. The minimum atomic E-state index is -0.587. The Morgan fingerprint density at radius 1 is 1.15 bits per heavy atom. The lowest BCUT2D eigenvalue weighted by molar-refractivity contribution is -0.139. The summed E-state index contributed by atoms with van der Waals surface area (Å²) < 4.78 is 5.45. The van der Waals surface area contributed by atoms with E-state index in [0.717, 1.165) is 29.7 Å². The van der Waals surface area contributed by atoms with Crippen LogP contribution in [-0.4, -0.2) is 85.7 Å². The van der Waals surface area contributed by atoms with Gasteiger partial charge in [-0.05, 0) is 45.2 Å². The number of esters is 1. The van der Waals surface area contributed by atoms with Gasteiger partial charge in [0.05, 0.1) is 18.2 Å². The first-order chi connectivity index (χ1) is 16.3. The van der Waals surface area contributed by atoms with E-state index in [1.807, 2.05) is 43.9 Å². The van der Waals surface area contributed by atoms with Gasteiger partial charge in [0.1, 0.15) is 0 Å². The summed E-state index contributed by atoms with van der Waals surface area (Å²) in [6.45, 7) is 11.6. The SMILES string of the molecule is CCNC(=O)N1CCCN(CC2=C(C(=O)OCC)[C@@H](c3cc(C)ccc3C)NC(=O)N2C)CC1. The molecular weight excluding hydrogens is 434 g/mol. The number of urea groups is 2.